The lowest BCUT2D eigenvalue weighted by molar-refractivity contribution is -0.135. The van der Waals surface area contributed by atoms with Crippen LogP contribution < -0.4 is 10.2 Å². The van der Waals surface area contributed by atoms with Gasteiger partial charge in [0, 0.05) is 65.8 Å². The van der Waals surface area contributed by atoms with E-state index in [0.717, 1.165) is 56.1 Å². The van der Waals surface area contributed by atoms with E-state index in [1.807, 2.05) is 26.0 Å². The number of aliphatic imine (C=N–C) groups is 1. The van der Waals surface area contributed by atoms with Crippen molar-refractivity contribution in [2.45, 2.75) is 26.8 Å². The summed E-state index contributed by atoms with van der Waals surface area (Å²) in [6.45, 7) is 11.0. The number of nitrogens with zero attached hydrogens (tertiary/aromatic N) is 6. The molecule has 2 fully saturated rings. The van der Waals surface area contributed by atoms with Gasteiger partial charge in [0.1, 0.15) is 0 Å². The minimum absolute atomic E-state index is 0.282. The van der Waals surface area contributed by atoms with Crippen molar-refractivity contribution in [1.29, 1.82) is 0 Å². The van der Waals surface area contributed by atoms with Crippen LogP contribution in [0.5, 0.6) is 0 Å². The predicted octanol–water partition coefficient (Wildman–Crippen LogP) is 1.41. The number of anilines is 1. The molecule has 2 atom stereocenters. The van der Waals surface area contributed by atoms with E-state index in [9.17, 15) is 4.79 Å². The molecule has 2 aliphatic heterocycles. The van der Waals surface area contributed by atoms with Crippen LogP contribution in [0.4, 0.5) is 5.13 Å². The minimum Gasteiger partial charge on any atom is -0.354 e. The van der Waals surface area contributed by atoms with Crippen LogP contribution in [-0.4, -0.2) is 98.5 Å². The van der Waals surface area contributed by atoms with E-state index in [-0.39, 0.29) is 5.91 Å². The average Bonchev–Trinajstić information content (AvgIpc) is 3.18. The normalized spacial score (nSPS) is 23.6. The Hall–Kier alpha value is -1.87. The van der Waals surface area contributed by atoms with Crippen molar-refractivity contribution < 1.29 is 4.79 Å². The molecule has 0 saturated carbocycles. The summed E-state index contributed by atoms with van der Waals surface area (Å²) in [6, 6.07) is 0. The summed E-state index contributed by atoms with van der Waals surface area (Å²) < 4.78 is 0. The lowest BCUT2D eigenvalue weighted by Crippen LogP contribution is -2.55. The van der Waals surface area contributed by atoms with E-state index >= 15 is 0 Å². The zero-order valence-electron chi connectivity index (χ0n) is 19.1. The third-order valence-corrected chi connectivity index (χ3v) is 6.87. The maximum Gasteiger partial charge on any atom is 0.236 e. The van der Waals surface area contributed by atoms with Gasteiger partial charge in [0.2, 0.25) is 5.91 Å². The fraction of sp³-hybridized carbons (Fsp3) is 0.762. The van der Waals surface area contributed by atoms with Crippen LogP contribution in [0, 0.1) is 11.8 Å². The van der Waals surface area contributed by atoms with Crippen LogP contribution in [0.15, 0.2) is 10.4 Å². The molecule has 1 aromatic heterocycles. The van der Waals surface area contributed by atoms with Gasteiger partial charge in [-0.25, -0.2) is 4.98 Å². The lowest BCUT2D eigenvalue weighted by Gasteiger charge is -2.39. The molecule has 2 saturated heterocycles. The highest BCUT2D eigenvalue weighted by Gasteiger charge is 2.28. The quantitative estimate of drug-likeness (QED) is 0.557. The smallest absolute Gasteiger partial charge is 0.236 e. The molecule has 0 spiro atoms. The van der Waals surface area contributed by atoms with Crippen molar-refractivity contribution in [1.82, 2.24) is 25.0 Å². The number of amides is 1. The summed E-state index contributed by atoms with van der Waals surface area (Å²) in [5.41, 5.74) is 1.03. The van der Waals surface area contributed by atoms with Gasteiger partial charge in [0.05, 0.1) is 18.8 Å². The lowest BCUT2D eigenvalue weighted by atomic mass is 9.92. The van der Waals surface area contributed by atoms with E-state index in [2.05, 4.69) is 49.2 Å². The molecule has 3 heterocycles. The maximum atomic E-state index is 12.8. The third-order valence-electron chi connectivity index (χ3n) is 5.81. The molecule has 2 unspecified atom stereocenters. The zero-order chi connectivity index (χ0) is 21.7. The first-order valence-corrected chi connectivity index (χ1v) is 11.8. The second-order valence-corrected chi connectivity index (χ2v) is 9.76. The van der Waals surface area contributed by atoms with Gasteiger partial charge >= 0.3 is 0 Å². The minimum atomic E-state index is 0.282. The Balaban J connectivity index is 1.43. The van der Waals surface area contributed by atoms with Crippen LogP contribution in [0.3, 0.4) is 0 Å². The van der Waals surface area contributed by atoms with Crippen LogP contribution in [0.2, 0.25) is 0 Å². The highest BCUT2D eigenvalue weighted by Crippen LogP contribution is 2.21. The van der Waals surface area contributed by atoms with Gasteiger partial charge in [-0.2, -0.15) is 0 Å². The number of nitrogens with one attached hydrogen (secondary N) is 1. The number of piperidine rings is 1. The number of carbonyl (C=O) groups excluding carboxylic acids is 1. The molecule has 1 N–H and O–H groups in total. The molecular formula is C21H37N7OS. The molecule has 0 aliphatic carbocycles. The van der Waals surface area contributed by atoms with Crippen molar-refractivity contribution >= 4 is 28.3 Å². The molecule has 30 heavy (non-hydrogen) atoms. The summed E-state index contributed by atoms with van der Waals surface area (Å²) in [5, 5.41) is 6.53. The fourth-order valence-corrected chi connectivity index (χ4v) is 5.12. The van der Waals surface area contributed by atoms with Gasteiger partial charge in [-0.1, -0.05) is 13.8 Å². The topological polar surface area (TPSA) is 67.3 Å². The summed E-state index contributed by atoms with van der Waals surface area (Å²) in [4.78, 5) is 30.5. The monoisotopic (exact) mass is 435 g/mol. The Labute approximate surface area is 184 Å². The number of hydrogen-bond acceptors (Lipinski definition) is 6. The molecule has 168 valence electrons. The van der Waals surface area contributed by atoms with Crippen molar-refractivity contribution in [3.05, 3.63) is 11.1 Å². The van der Waals surface area contributed by atoms with Crippen LogP contribution >= 0.6 is 11.3 Å². The molecule has 0 bridgehead atoms. The molecule has 3 rings (SSSR count). The first-order chi connectivity index (χ1) is 14.4. The molecule has 2 aliphatic rings. The number of likely N-dealkylation sites (tertiary alicyclic amines) is 1. The molecule has 8 nitrogen and oxygen atoms in total. The number of rotatable bonds is 5. The van der Waals surface area contributed by atoms with E-state index in [1.54, 1.807) is 11.3 Å². The number of carbonyl (C=O) groups is 1. The van der Waals surface area contributed by atoms with Crippen molar-refractivity contribution in [2.75, 3.05) is 71.9 Å². The van der Waals surface area contributed by atoms with Gasteiger partial charge in [-0.3, -0.25) is 14.7 Å². The number of thiazole rings is 1. The number of hydrogen-bond donors (Lipinski definition) is 1. The van der Waals surface area contributed by atoms with Crippen LogP contribution in [-0.2, 0) is 11.3 Å². The van der Waals surface area contributed by atoms with Crippen molar-refractivity contribution in [3.63, 3.8) is 0 Å². The van der Waals surface area contributed by atoms with Gasteiger partial charge in [-0.05, 0) is 18.3 Å². The van der Waals surface area contributed by atoms with E-state index in [4.69, 9.17) is 0 Å². The number of piperazine rings is 1. The van der Waals surface area contributed by atoms with Crippen LogP contribution in [0.25, 0.3) is 0 Å². The third kappa shape index (κ3) is 6.07. The van der Waals surface area contributed by atoms with E-state index < -0.39 is 0 Å². The second-order valence-electron chi connectivity index (χ2n) is 8.92. The van der Waals surface area contributed by atoms with Gasteiger partial charge in [0.25, 0.3) is 0 Å². The first-order valence-electron chi connectivity index (χ1n) is 10.9. The molecule has 0 aromatic carbocycles. The van der Waals surface area contributed by atoms with Gasteiger partial charge in [-0.15, -0.1) is 11.3 Å². The Bertz CT molecular complexity index is 717. The Kier molecular flexibility index (Phi) is 7.93. The highest BCUT2D eigenvalue weighted by atomic mass is 32.1. The van der Waals surface area contributed by atoms with Crippen LogP contribution in [0.1, 0.15) is 26.0 Å². The zero-order valence-corrected chi connectivity index (χ0v) is 19.9. The average molecular weight is 436 g/mol. The summed E-state index contributed by atoms with van der Waals surface area (Å²) >= 11 is 1.65. The Morgan fingerprint density at radius 3 is 2.43 bits per heavy atom. The molecular weight excluding hydrogens is 398 g/mol. The molecule has 1 amide bonds. The Morgan fingerprint density at radius 1 is 1.20 bits per heavy atom. The van der Waals surface area contributed by atoms with E-state index in [1.165, 1.54) is 6.42 Å². The van der Waals surface area contributed by atoms with E-state index in [0.29, 0.717) is 24.9 Å². The van der Waals surface area contributed by atoms with Gasteiger partial charge in [0.15, 0.2) is 11.1 Å². The first kappa shape index (κ1) is 22.8. The largest absolute Gasteiger partial charge is 0.354 e. The number of guanidine groups is 1. The fourth-order valence-electron chi connectivity index (χ4n) is 4.36. The summed E-state index contributed by atoms with van der Waals surface area (Å²) in [5.74, 6) is 2.40. The van der Waals surface area contributed by atoms with Crippen molar-refractivity contribution in [3.8, 4) is 0 Å². The predicted molar refractivity (Wildman–Crippen MR) is 124 cm³/mol. The second kappa shape index (κ2) is 10.4. The molecule has 9 heteroatoms. The SMILES string of the molecule is CN=C(NCc1csc(N(C)C)n1)N1CCN(CC(=O)N2CC(C)CC(C)C2)CC1. The summed E-state index contributed by atoms with van der Waals surface area (Å²) in [6.07, 6.45) is 1.23. The number of aromatic nitrogens is 1. The Morgan fingerprint density at radius 2 is 1.87 bits per heavy atom. The van der Waals surface area contributed by atoms with Gasteiger partial charge < -0.3 is 20.0 Å². The standard InChI is InChI=1S/C21H37N7OS/c1-16-10-17(2)13-28(12-16)19(29)14-26-6-8-27(9-7-26)20(22-3)23-11-18-15-30-21(24-18)25(4)5/h15-17H,6-14H2,1-5H3,(H,22,23). The molecule has 1 aromatic rings. The van der Waals surface area contributed by atoms with Crippen molar-refractivity contribution in [2.24, 2.45) is 16.8 Å². The molecule has 0 radical (unpaired) electrons. The maximum absolute atomic E-state index is 12.8. The summed E-state index contributed by atoms with van der Waals surface area (Å²) in [7, 11) is 5.83. The highest BCUT2D eigenvalue weighted by molar-refractivity contribution is 7.13.